The molecule has 0 fully saturated rings. The maximum Gasteiger partial charge on any atom is 0.175 e. The lowest BCUT2D eigenvalue weighted by atomic mass is 10.2. The second kappa shape index (κ2) is 7.78. The van der Waals surface area contributed by atoms with Crippen molar-refractivity contribution in [2.24, 2.45) is 0 Å². The van der Waals surface area contributed by atoms with E-state index in [0.29, 0.717) is 32.3 Å². The third-order valence-corrected chi connectivity index (χ3v) is 4.05. The highest BCUT2D eigenvalue weighted by Crippen LogP contribution is 2.35. The van der Waals surface area contributed by atoms with Crippen LogP contribution in [0.15, 0.2) is 30.3 Å². The molecule has 0 atom stereocenters. The smallest absolute Gasteiger partial charge is 0.175 e. The van der Waals surface area contributed by atoms with Gasteiger partial charge in [0, 0.05) is 11.1 Å². The molecule has 22 heavy (non-hydrogen) atoms. The van der Waals surface area contributed by atoms with Gasteiger partial charge in [0.15, 0.2) is 11.5 Å². The SMILES string of the molecule is CCOc1cc(C=O)cc(I)c1OCc1c(F)cccc1Cl. The van der Waals surface area contributed by atoms with Crippen molar-refractivity contribution in [1.29, 1.82) is 0 Å². The van der Waals surface area contributed by atoms with Crippen molar-refractivity contribution in [2.45, 2.75) is 13.5 Å². The highest BCUT2D eigenvalue weighted by Gasteiger charge is 2.14. The van der Waals surface area contributed by atoms with Crippen LogP contribution in [0.25, 0.3) is 0 Å². The van der Waals surface area contributed by atoms with E-state index in [0.717, 1.165) is 6.29 Å². The number of aldehydes is 1. The van der Waals surface area contributed by atoms with Gasteiger partial charge < -0.3 is 9.47 Å². The van der Waals surface area contributed by atoms with Crippen LogP contribution in [-0.2, 0) is 6.61 Å². The molecule has 0 heterocycles. The molecule has 0 saturated carbocycles. The quantitative estimate of drug-likeness (QED) is 0.480. The summed E-state index contributed by atoms with van der Waals surface area (Å²) in [5, 5.41) is 0.303. The van der Waals surface area contributed by atoms with Gasteiger partial charge in [0.1, 0.15) is 18.7 Å². The van der Waals surface area contributed by atoms with Gasteiger partial charge in [0.25, 0.3) is 0 Å². The zero-order chi connectivity index (χ0) is 16.1. The van der Waals surface area contributed by atoms with Crippen LogP contribution in [0, 0.1) is 9.39 Å². The molecule has 0 bridgehead atoms. The lowest BCUT2D eigenvalue weighted by molar-refractivity contribution is 0.112. The molecular formula is C16H13ClFIO3. The van der Waals surface area contributed by atoms with Crippen molar-refractivity contribution in [3.8, 4) is 11.5 Å². The predicted octanol–water partition coefficient (Wildman–Crippen LogP) is 4.87. The van der Waals surface area contributed by atoms with E-state index in [1.165, 1.54) is 12.1 Å². The molecule has 0 spiro atoms. The average molecular weight is 435 g/mol. The Labute approximate surface area is 146 Å². The molecule has 0 aliphatic carbocycles. The van der Waals surface area contributed by atoms with E-state index >= 15 is 0 Å². The van der Waals surface area contributed by atoms with Crippen LogP contribution in [-0.4, -0.2) is 12.9 Å². The summed E-state index contributed by atoms with van der Waals surface area (Å²) in [4.78, 5) is 10.9. The van der Waals surface area contributed by atoms with Crippen LogP contribution < -0.4 is 9.47 Å². The number of halogens is 3. The van der Waals surface area contributed by atoms with Gasteiger partial charge in [-0.1, -0.05) is 17.7 Å². The summed E-state index contributed by atoms with van der Waals surface area (Å²) in [5.74, 6) is 0.487. The molecule has 0 unspecified atom stereocenters. The summed E-state index contributed by atoms with van der Waals surface area (Å²) in [5.41, 5.74) is 0.769. The van der Waals surface area contributed by atoms with Gasteiger partial charge in [-0.05, 0) is 53.8 Å². The van der Waals surface area contributed by atoms with Crippen molar-refractivity contribution in [2.75, 3.05) is 6.61 Å². The second-order valence-corrected chi connectivity index (χ2v) is 5.94. The molecule has 0 aliphatic heterocycles. The molecule has 3 nitrogen and oxygen atoms in total. The fourth-order valence-corrected chi connectivity index (χ4v) is 2.87. The Morgan fingerprint density at radius 3 is 2.73 bits per heavy atom. The average Bonchev–Trinajstić information content (AvgIpc) is 2.48. The highest BCUT2D eigenvalue weighted by molar-refractivity contribution is 14.1. The van der Waals surface area contributed by atoms with Crippen molar-refractivity contribution in [3.05, 3.63) is 55.9 Å². The number of ether oxygens (including phenoxy) is 2. The lowest BCUT2D eigenvalue weighted by Crippen LogP contribution is -2.04. The molecule has 116 valence electrons. The first kappa shape index (κ1) is 17.0. The lowest BCUT2D eigenvalue weighted by Gasteiger charge is -2.15. The van der Waals surface area contributed by atoms with Gasteiger partial charge in [-0.3, -0.25) is 4.79 Å². The van der Waals surface area contributed by atoms with Crippen LogP contribution in [0.1, 0.15) is 22.8 Å². The Bertz CT molecular complexity index is 671. The second-order valence-electron chi connectivity index (χ2n) is 4.37. The van der Waals surface area contributed by atoms with Crippen LogP contribution in [0.3, 0.4) is 0 Å². The highest BCUT2D eigenvalue weighted by atomic mass is 127. The largest absolute Gasteiger partial charge is 0.490 e. The van der Waals surface area contributed by atoms with Crippen molar-refractivity contribution < 1.29 is 18.7 Å². The Kier molecular flexibility index (Phi) is 6.02. The Balaban J connectivity index is 2.31. The van der Waals surface area contributed by atoms with Crippen LogP contribution >= 0.6 is 34.2 Å². The van der Waals surface area contributed by atoms with Crippen molar-refractivity contribution in [3.63, 3.8) is 0 Å². The van der Waals surface area contributed by atoms with E-state index in [1.54, 1.807) is 18.2 Å². The monoisotopic (exact) mass is 434 g/mol. The summed E-state index contributed by atoms with van der Waals surface area (Å²) in [7, 11) is 0. The number of benzene rings is 2. The molecule has 2 aromatic rings. The fourth-order valence-electron chi connectivity index (χ4n) is 1.87. The van der Waals surface area contributed by atoms with Gasteiger partial charge in [0.05, 0.1) is 15.2 Å². The number of carbonyl (C=O) groups excluding carboxylic acids is 1. The molecule has 2 rings (SSSR count). The minimum atomic E-state index is -0.426. The first-order chi connectivity index (χ1) is 10.6. The number of hydrogen-bond donors (Lipinski definition) is 0. The molecule has 0 saturated heterocycles. The van der Waals surface area contributed by atoms with Crippen molar-refractivity contribution >= 4 is 40.5 Å². The predicted molar refractivity (Wildman–Crippen MR) is 91.5 cm³/mol. The summed E-state index contributed by atoms with van der Waals surface area (Å²) in [6.45, 7) is 2.23. The van der Waals surface area contributed by atoms with E-state index in [9.17, 15) is 9.18 Å². The topological polar surface area (TPSA) is 35.5 Å². The standard InChI is InChI=1S/C16H13ClFIO3/c1-2-21-15-7-10(8-20)6-14(19)16(15)22-9-11-12(17)4-3-5-13(11)18/h3-8H,2,9H2,1H3. The first-order valence-electron chi connectivity index (χ1n) is 6.54. The van der Waals surface area contributed by atoms with E-state index in [-0.39, 0.29) is 12.2 Å². The Morgan fingerprint density at radius 2 is 2.09 bits per heavy atom. The third kappa shape index (κ3) is 3.89. The van der Waals surface area contributed by atoms with Crippen LogP contribution in [0.2, 0.25) is 5.02 Å². The fraction of sp³-hybridized carbons (Fsp3) is 0.188. The molecule has 0 radical (unpaired) electrons. The molecule has 0 aliphatic rings. The molecule has 0 amide bonds. The van der Waals surface area contributed by atoms with Crippen molar-refractivity contribution in [1.82, 2.24) is 0 Å². The van der Waals surface area contributed by atoms with Gasteiger partial charge in [-0.15, -0.1) is 0 Å². The normalized spacial score (nSPS) is 10.4. The minimum Gasteiger partial charge on any atom is -0.490 e. The maximum atomic E-state index is 13.8. The number of rotatable bonds is 6. The van der Waals surface area contributed by atoms with E-state index in [2.05, 4.69) is 0 Å². The number of hydrogen-bond acceptors (Lipinski definition) is 3. The van der Waals surface area contributed by atoms with E-state index in [1.807, 2.05) is 29.5 Å². The Hall–Kier alpha value is -1.34. The van der Waals surface area contributed by atoms with E-state index < -0.39 is 5.82 Å². The zero-order valence-corrected chi connectivity index (χ0v) is 14.7. The van der Waals surface area contributed by atoms with Crippen LogP contribution in [0.5, 0.6) is 11.5 Å². The molecule has 0 aromatic heterocycles. The van der Waals surface area contributed by atoms with Crippen LogP contribution in [0.4, 0.5) is 4.39 Å². The summed E-state index contributed by atoms with van der Waals surface area (Å²) < 4.78 is 25.7. The Morgan fingerprint density at radius 1 is 1.32 bits per heavy atom. The van der Waals surface area contributed by atoms with Gasteiger partial charge in [-0.25, -0.2) is 4.39 Å². The summed E-state index contributed by atoms with van der Waals surface area (Å²) >= 11 is 8.03. The molecule has 0 N–H and O–H groups in total. The molecule has 2 aromatic carbocycles. The minimum absolute atomic E-state index is 0.0258. The zero-order valence-electron chi connectivity index (χ0n) is 11.7. The number of carbonyl (C=O) groups is 1. The van der Waals surface area contributed by atoms with Gasteiger partial charge >= 0.3 is 0 Å². The summed E-state index contributed by atoms with van der Waals surface area (Å²) in [6.07, 6.45) is 0.738. The van der Waals surface area contributed by atoms with Gasteiger partial charge in [0.2, 0.25) is 0 Å². The maximum absolute atomic E-state index is 13.8. The molecule has 6 heteroatoms. The van der Waals surface area contributed by atoms with E-state index in [4.69, 9.17) is 21.1 Å². The van der Waals surface area contributed by atoms with Gasteiger partial charge in [-0.2, -0.15) is 0 Å². The molecular weight excluding hydrogens is 422 g/mol. The summed E-state index contributed by atoms with van der Waals surface area (Å²) in [6, 6.07) is 7.74. The third-order valence-electron chi connectivity index (χ3n) is 2.89. The first-order valence-corrected chi connectivity index (χ1v) is 7.99.